The van der Waals surface area contributed by atoms with Crippen molar-refractivity contribution >= 4 is 34.5 Å². The van der Waals surface area contributed by atoms with Crippen molar-refractivity contribution in [3.8, 4) is 0 Å². The van der Waals surface area contributed by atoms with Crippen molar-refractivity contribution < 1.29 is 23.8 Å². The monoisotopic (exact) mass is 398 g/mol. The predicted molar refractivity (Wildman–Crippen MR) is 92.8 cm³/mol. The third-order valence-corrected chi connectivity index (χ3v) is 4.56. The largest absolute Gasteiger partial charge is 0.371 e. The van der Waals surface area contributed by atoms with Crippen LogP contribution in [0.15, 0.2) is 6.33 Å². The fraction of sp³-hybridized carbons (Fsp3) is 0.600. The molecule has 4 rings (SSSR count). The molecule has 2 fully saturated rings. The first-order valence-corrected chi connectivity index (χ1v) is 8.64. The highest BCUT2D eigenvalue weighted by molar-refractivity contribution is 6.28. The highest BCUT2D eigenvalue weighted by atomic mass is 35.5. The molecular formula is C15H19ClN6O5. The van der Waals surface area contributed by atoms with E-state index in [1.807, 2.05) is 0 Å². The van der Waals surface area contributed by atoms with Gasteiger partial charge in [-0.3, -0.25) is 14.2 Å². The summed E-state index contributed by atoms with van der Waals surface area (Å²) in [7, 11) is 3.06. The van der Waals surface area contributed by atoms with Crippen molar-refractivity contribution in [2.24, 2.45) is 0 Å². The van der Waals surface area contributed by atoms with E-state index < -0.39 is 36.2 Å². The number of hydrogen-bond acceptors (Lipinski definition) is 9. The Morgan fingerprint density at radius 1 is 1.33 bits per heavy atom. The number of amides is 1. The lowest BCUT2D eigenvalue weighted by Crippen LogP contribution is -2.42. The van der Waals surface area contributed by atoms with E-state index in [1.54, 1.807) is 31.8 Å². The first kappa shape index (κ1) is 18.3. The van der Waals surface area contributed by atoms with Gasteiger partial charge >= 0.3 is 0 Å². The standard InChI is InChI=1S/C15H19ClN6O5/c1-15(2)26-7-8(12(23)21-24-4)25-13(9(7)27-15)22-5-18-6-10(17-3)19-14(16)20-11(6)22/h5,7-9,13H,1-4H3,(H,21,23)(H,17,19,20)/t7-,8+,9-,13-/m1/s1. The molecule has 4 atom stereocenters. The quantitative estimate of drug-likeness (QED) is 0.563. The van der Waals surface area contributed by atoms with Gasteiger partial charge in [-0.1, -0.05) is 0 Å². The van der Waals surface area contributed by atoms with Gasteiger partial charge < -0.3 is 19.5 Å². The Balaban J connectivity index is 1.76. The number of carbonyl (C=O) groups is 1. The van der Waals surface area contributed by atoms with Gasteiger partial charge in [-0.05, 0) is 25.4 Å². The van der Waals surface area contributed by atoms with Crippen LogP contribution in [0.25, 0.3) is 11.2 Å². The second-order valence-corrected chi connectivity index (χ2v) is 6.94. The van der Waals surface area contributed by atoms with E-state index in [0.29, 0.717) is 17.0 Å². The van der Waals surface area contributed by atoms with Crippen LogP contribution in [-0.4, -0.2) is 63.7 Å². The highest BCUT2D eigenvalue weighted by Gasteiger charge is 2.58. The molecule has 11 nitrogen and oxygen atoms in total. The summed E-state index contributed by atoms with van der Waals surface area (Å²) in [4.78, 5) is 29.8. The fourth-order valence-corrected chi connectivity index (χ4v) is 3.59. The maximum Gasteiger partial charge on any atom is 0.275 e. The minimum absolute atomic E-state index is 0.0562. The van der Waals surface area contributed by atoms with Crippen LogP contribution in [0.2, 0.25) is 5.28 Å². The predicted octanol–water partition coefficient (Wildman–Crippen LogP) is 0.616. The van der Waals surface area contributed by atoms with Crippen LogP contribution in [0.4, 0.5) is 5.82 Å². The average molecular weight is 399 g/mol. The third kappa shape index (κ3) is 3.01. The Morgan fingerprint density at radius 2 is 2.07 bits per heavy atom. The normalized spacial score (nSPS) is 29.1. The molecule has 0 aromatic carbocycles. The summed E-state index contributed by atoms with van der Waals surface area (Å²) in [6.07, 6.45) is -1.27. The summed E-state index contributed by atoms with van der Waals surface area (Å²) in [6, 6.07) is 0. The van der Waals surface area contributed by atoms with Crippen LogP contribution in [0.1, 0.15) is 20.1 Å². The average Bonchev–Trinajstić information content (AvgIpc) is 3.24. The zero-order valence-electron chi connectivity index (χ0n) is 15.1. The maximum absolute atomic E-state index is 12.4. The first-order chi connectivity index (χ1) is 12.8. The topological polar surface area (TPSA) is 122 Å². The van der Waals surface area contributed by atoms with Gasteiger partial charge in [0.05, 0.1) is 13.4 Å². The number of nitrogens with zero attached hydrogens (tertiary/aromatic N) is 4. The summed E-state index contributed by atoms with van der Waals surface area (Å²) in [6.45, 7) is 3.55. The van der Waals surface area contributed by atoms with Crippen LogP contribution in [0.5, 0.6) is 0 Å². The second-order valence-electron chi connectivity index (χ2n) is 6.60. The summed E-state index contributed by atoms with van der Waals surface area (Å²) in [5.41, 5.74) is 3.24. The smallest absolute Gasteiger partial charge is 0.275 e. The molecule has 0 spiro atoms. The SMILES string of the molecule is CNc1nc(Cl)nc2c1ncn2[C@@H]1O[C@H](C(=O)NOC)[C@H]2OC(C)(C)O[C@H]21. The number of fused-ring (bicyclic) bond motifs is 2. The van der Waals surface area contributed by atoms with Crippen LogP contribution in [0, 0.1) is 0 Å². The van der Waals surface area contributed by atoms with Crippen molar-refractivity contribution in [1.82, 2.24) is 25.0 Å². The molecule has 2 saturated heterocycles. The summed E-state index contributed by atoms with van der Waals surface area (Å²) < 4.78 is 19.5. The van der Waals surface area contributed by atoms with Crippen LogP contribution < -0.4 is 10.8 Å². The van der Waals surface area contributed by atoms with Gasteiger partial charge in [0.1, 0.15) is 12.2 Å². The maximum atomic E-state index is 12.4. The van der Waals surface area contributed by atoms with E-state index in [4.69, 9.17) is 30.6 Å². The minimum atomic E-state index is -0.930. The Bertz CT molecular complexity index is 889. The number of nitrogens with one attached hydrogen (secondary N) is 2. The molecule has 2 aromatic rings. The molecule has 2 aliphatic rings. The van der Waals surface area contributed by atoms with Gasteiger partial charge in [0.25, 0.3) is 5.91 Å². The number of carbonyl (C=O) groups excluding carboxylic acids is 1. The molecule has 2 N–H and O–H groups in total. The van der Waals surface area contributed by atoms with Crippen molar-refractivity contribution in [2.75, 3.05) is 19.5 Å². The summed E-state index contributed by atoms with van der Waals surface area (Å²) in [5, 5.41) is 2.99. The molecule has 146 valence electrons. The minimum Gasteiger partial charge on any atom is -0.371 e. The number of hydroxylamine groups is 1. The van der Waals surface area contributed by atoms with Gasteiger partial charge in [0.2, 0.25) is 5.28 Å². The highest BCUT2D eigenvalue weighted by Crippen LogP contribution is 2.44. The number of ether oxygens (including phenoxy) is 3. The molecule has 27 heavy (non-hydrogen) atoms. The van der Waals surface area contributed by atoms with Crippen molar-refractivity contribution in [2.45, 2.75) is 44.2 Å². The molecule has 0 unspecified atom stereocenters. The Labute approximate surface area is 159 Å². The molecule has 12 heteroatoms. The van der Waals surface area contributed by atoms with E-state index in [1.165, 1.54) is 7.11 Å². The van der Waals surface area contributed by atoms with Gasteiger partial charge in [0, 0.05) is 7.05 Å². The zero-order chi connectivity index (χ0) is 19.3. The molecule has 0 radical (unpaired) electrons. The molecule has 0 bridgehead atoms. The number of rotatable bonds is 4. The third-order valence-electron chi connectivity index (χ3n) is 4.40. The molecule has 2 aromatic heterocycles. The first-order valence-electron chi connectivity index (χ1n) is 8.26. The number of hydrogen-bond donors (Lipinski definition) is 2. The molecule has 0 saturated carbocycles. The second kappa shape index (κ2) is 6.53. The fourth-order valence-electron chi connectivity index (χ4n) is 3.42. The summed E-state index contributed by atoms with van der Waals surface area (Å²) in [5.74, 6) is -0.859. The molecule has 2 aliphatic heterocycles. The van der Waals surface area contributed by atoms with Crippen molar-refractivity contribution in [3.63, 3.8) is 0 Å². The van der Waals surface area contributed by atoms with Crippen molar-refractivity contribution in [1.29, 1.82) is 0 Å². The van der Waals surface area contributed by atoms with Crippen LogP contribution >= 0.6 is 11.6 Å². The van der Waals surface area contributed by atoms with E-state index >= 15 is 0 Å². The van der Waals surface area contributed by atoms with Gasteiger partial charge in [-0.15, -0.1) is 0 Å². The van der Waals surface area contributed by atoms with Gasteiger partial charge in [0.15, 0.2) is 35.1 Å². The number of anilines is 1. The lowest BCUT2D eigenvalue weighted by molar-refractivity contribution is -0.199. The number of imidazole rings is 1. The molecule has 1 amide bonds. The van der Waals surface area contributed by atoms with Crippen molar-refractivity contribution in [3.05, 3.63) is 11.6 Å². The van der Waals surface area contributed by atoms with E-state index in [-0.39, 0.29) is 5.28 Å². The number of halogens is 1. The molecule has 4 heterocycles. The van der Waals surface area contributed by atoms with Gasteiger partial charge in [-0.2, -0.15) is 9.97 Å². The van der Waals surface area contributed by atoms with Crippen LogP contribution in [0.3, 0.4) is 0 Å². The van der Waals surface area contributed by atoms with Crippen LogP contribution in [-0.2, 0) is 23.8 Å². The lowest BCUT2D eigenvalue weighted by atomic mass is 10.1. The Kier molecular flexibility index (Phi) is 4.43. The van der Waals surface area contributed by atoms with E-state index in [9.17, 15) is 4.79 Å². The lowest BCUT2D eigenvalue weighted by Gasteiger charge is -2.24. The summed E-state index contributed by atoms with van der Waals surface area (Å²) >= 11 is 6.03. The number of aromatic nitrogens is 4. The van der Waals surface area contributed by atoms with E-state index in [2.05, 4.69) is 25.7 Å². The Morgan fingerprint density at radius 3 is 2.78 bits per heavy atom. The molecule has 0 aliphatic carbocycles. The molecular weight excluding hydrogens is 380 g/mol. The van der Waals surface area contributed by atoms with E-state index in [0.717, 1.165) is 0 Å². The van der Waals surface area contributed by atoms with Gasteiger partial charge in [-0.25, -0.2) is 10.5 Å². The Hall–Kier alpha value is -2.05. The zero-order valence-corrected chi connectivity index (χ0v) is 15.9.